The van der Waals surface area contributed by atoms with Gasteiger partial charge in [0.05, 0.1) is 5.92 Å². The molecule has 3 rings (SSSR count). The second-order valence-corrected chi connectivity index (χ2v) is 7.97. The Morgan fingerprint density at radius 2 is 1.65 bits per heavy atom. The molecule has 0 aromatic heterocycles. The van der Waals surface area contributed by atoms with Crippen molar-refractivity contribution < 1.29 is 9.18 Å². The van der Waals surface area contributed by atoms with Gasteiger partial charge >= 0.3 is 0 Å². The van der Waals surface area contributed by atoms with E-state index < -0.39 is 0 Å². The lowest BCUT2D eigenvalue weighted by atomic mass is 9.94. The lowest BCUT2D eigenvalue weighted by Gasteiger charge is -2.29. The third-order valence-electron chi connectivity index (χ3n) is 5.45. The van der Waals surface area contributed by atoms with E-state index in [1.54, 1.807) is 12.1 Å². The summed E-state index contributed by atoms with van der Waals surface area (Å²) in [7, 11) is 3.94. The van der Waals surface area contributed by atoms with Crippen LogP contribution in [0.25, 0.3) is 0 Å². The Bertz CT molecular complexity index is 1000. The number of hydrogen-bond acceptors (Lipinski definition) is 3. The number of nitrogens with two attached hydrogens (primary N) is 1. The maximum atomic E-state index is 13.7. The van der Waals surface area contributed by atoms with Crippen LogP contribution in [0.3, 0.4) is 0 Å². The molecule has 4 nitrogen and oxygen atoms in total. The molecule has 0 fully saturated rings. The van der Waals surface area contributed by atoms with Crippen molar-refractivity contribution in [1.82, 2.24) is 4.90 Å². The molecule has 0 aliphatic heterocycles. The predicted molar refractivity (Wildman–Crippen MR) is 125 cm³/mol. The van der Waals surface area contributed by atoms with Crippen LogP contribution in [0.1, 0.15) is 36.0 Å². The molecule has 0 saturated heterocycles. The average molecular weight is 420 g/mol. The van der Waals surface area contributed by atoms with E-state index in [9.17, 15) is 9.18 Å². The van der Waals surface area contributed by atoms with Crippen molar-refractivity contribution in [3.8, 4) is 0 Å². The normalized spacial score (nSPS) is 11.7. The number of anilines is 2. The number of carbonyl (C=O) groups is 1. The zero-order chi connectivity index (χ0) is 22.4. The van der Waals surface area contributed by atoms with Crippen molar-refractivity contribution in [3.05, 3.63) is 95.3 Å². The minimum atomic E-state index is -0.289. The highest BCUT2D eigenvalue weighted by atomic mass is 19.1. The van der Waals surface area contributed by atoms with E-state index in [1.165, 1.54) is 12.1 Å². The summed E-state index contributed by atoms with van der Waals surface area (Å²) in [5, 5.41) is 0. The van der Waals surface area contributed by atoms with Gasteiger partial charge in [-0.1, -0.05) is 49.4 Å². The van der Waals surface area contributed by atoms with E-state index >= 15 is 0 Å². The fraction of sp³-hybridized carbons (Fsp3) is 0.269. The number of rotatable bonds is 8. The molecule has 0 spiro atoms. The van der Waals surface area contributed by atoms with Crippen LogP contribution in [-0.2, 0) is 17.9 Å². The van der Waals surface area contributed by atoms with Crippen molar-refractivity contribution in [3.63, 3.8) is 0 Å². The van der Waals surface area contributed by atoms with E-state index in [1.807, 2.05) is 79.3 Å². The summed E-state index contributed by atoms with van der Waals surface area (Å²) in [5.74, 6) is -0.487. The summed E-state index contributed by atoms with van der Waals surface area (Å²) in [6.45, 7) is 2.83. The van der Waals surface area contributed by atoms with Gasteiger partial charge in [0.25, 0.3) is 0 Å². The molecule has 0 bridgehead atoms. The van der Waals surface area contributed by atoms with Crippen LogP contribution in [0.5, 0.6) is 0 Å². The summed E-state index contributed by atoms with van der Waals surface area (Å²) in [4.78, 5) is 17.6. The number of amides is 1. The molecular formula is C26H30FN3O. The molecule has 162 valence electrons. The van der Waals surface area contributed by atoms with Gasteiger partial charge in [0.2, 0.25) is 5.91 Å². The number of hydrogen-bond donors (Lipinski definition) is 1. The summed E-state index contributed by atoms with van der Waals surface area (Å²) < 4.78 is 13.4. The van der Waals surface area contributed by atoms with E-state index in [4.69, 9.17) is 5.73 Å². The smallest absolute Gasteiger partial charge is 0.230 e. The number of nitrogens with zero attached hydrogens (tertiary/aromatic N) is 2. The lowest BCUT2D eigenvalue weighted by molar-refractivity contribution is -0.134. The Labute approximate surface area is 184 Å². The van der Waals surface area contributed by atoms with Crippen LogP contribution in [-0.4, -0.2) is 24.9 Å². The summed E-state index contributed by atoms with van der Waals surface area (Å²) in [5.41, 5.74) is 10.6. The third-order valence-corrected chi connectivity index (χ3v) is 5.45. The van der Waals surface area contributed by atoms with Gasteiger partial charge in [-0.15, -0.1) is 0 Å². The van der Waals surface area contributed by atoms with Crippen molar-refractivity contribution in [2.24, 2.45) is 0 Å². The molecule has 3 aromatic carbocycles. The average Bonchev–Trinajstić information content (AvgIpc) is 2.76. The SMILES string of the molecule is CCC(C(=O)N(Cc1ccc(F)cc1)Cc1cc(N)ccc1N(C)C)c1ccccc1. The van der Waals surface area contributed by atoms with E-state index in [0.29, 0.717) is 25.2 Å². The zero-order valence-electron chi connectivity index (χ0n) is 18.4. The van der Waals surface area contributed by atoms with Crippen molar-refractivity contribution >= 4 is 17.3 Å². The Kier molecular flexibility index (Phi) is 7.29. The molecule has 0 heterocycles. The fourth-order valence-electron chi connectivity index (χ4n) is 3.85. The van der Waals surface area contributed by atoms with Crippen LogP contribution in [0.2, 0.25) is 0 Å². The second kappa shape index (κ2) is 10.1. The van der Waals surface area contributed by atoms with Gasteiger partial charge < -0.3 is 15.5 Å². The summed E-state index contributed by atoms with van der Waals surface area (Å²) in [6, 6.07) is 21.9. The van der Waals surface area contributed by atoms with Gasteiger partial charge in [-0.25, -0.2) is 4.39 Å². The van der Waals surface area contributed by atoms with Crippen molar-refractivity contribution in [1.29, 1.82) is 0 Å². The third kappa shape index (κ3) is 5.63. The van der Waals surface area contributed by atoms with E-state index in [0.717, 1.165) is 22.4 Å². The second-order valence-electron chi connectivity index (χ2n) is 7.97. The van der Waals surface area contributed by atoms with E-state index in [2.05, 4.69) is 0 Å². The van der Waals surface area contributed by atoms with Crippen molar-refractivity contribution in [2.75, 3.05) is 24.7 Å². The predicted octanol–water partition coefficient (Wildman–Crippen LogP) is 5.20. The maximum Gasteiger partial charge on any atom is 0.230 e. The van der Waals surface area contributed by atoms with E-state index in [-0.39, 0.29) is 17.6 Å². The highest BCUT2D eigenvalue weighted by Crippen LogP contribution is 2.28. The first-order valence-electron chi connectivity index (χ1n) is 10.5. The molecule has 31 heavy (non-hydrogen) atoms. The largest absolute Gasteiger partial charge is 0.399 e. The highest BCUT2D eigenvalue weighted by molar-refractivity contribution is 5.84. The Morgan fingerprint density at radius 1 is 0.968 bits per heavy atom. The molecule has 5 heteroatoms. The standard InChI is InChI=1S/C26H30FN3O/c1-4-24(20-8-6-5-7-9-20)26(31)30(17-19-10-12-22(27)13-11-19)18-21-16-23(28)14-15-25(21)29(2)3/h5-16,24H,4,17-18,28H2,1-3H3. The first-order valence-corrected chi connectivity index (χ1v) is 10.5. The molecule has 1 amide bonds. The molecule has 0 aliphatic carbocycles. The number of halogens is 1. The lowest BCUT2D eigenvalue weighted by Crippen LogP contribution is -2.34. The molecule has 1 atom stereocenters. The fourth-order valence-corrected chi connectivity index (χ4v) is 3.85. The number of benzene rings is 3. The molecular weight excluding hydrogens is 389 g/mol. The van der Waals surface area contributed by atoms with Gasteiger partial charge in [-0.3, -0.25) is 4.79 Å². The molecule has 0 radical (unpaired) electrons. The molecule has 0 saturated carbocycles. The molecule has 3 aromatic rings. The minimum absolute atomic E-state index is 0.0464. The first kappa shape index (κ1) is 22.3. The van der Waals surface area contributed by atoms with Gasteiger partial charge in [0, 0.05) is 38.6 Å². The Hall–Kier alpha value is -3.34. The van der Waals surface area contributed by atoms with Gasteiger partial charge in [-0.2, -0.15) is 0 Å². The van der Waals surface area contributed by atoms with Crippen LogP contribution >= 0.6 is 0 Å². The van der Waals surface area contributed by atoms with Crippen LogP contribution in [0.15, 0.2) is 72.8 Å². The summed E-state index contributed by atoms with van der Waals surface area (Å²) >= 11 is 0. The first-order chi connectivity index (χ1) is 14.9. The quantitative estimate of drug-likeness (QED) is 0.511. The highest BCUT2D eigenvalue weighted by Gasteiger charge is 2.25. The minimum Gasteiger partial charge on any atom is -0.399 e. The van der Waals surface area contributed by atoms with Gasteiger partial charge in [-0.05, 0) is 53.4 Å². The Balaban J connectivity index is 1.97. The van der Waals surface area contributed by atoms with Crippen LogP contribution < -0.4 is 10.6 Å². The topological polar surface area (TPSA) is 49.6 Å². The monoisotopic (exact) mass is 419 g/mol. The van der Waals surface area contributed by atoms with Crippen molar-refractivity contribution in [2.45, 2.75) is 32.4 Å². The maximum absolute atomic E-state index is 13.7. The number of nitrogen functional groups attached to an aromatic ring is 1. The van der Waals surface area contributed by atoms with Crippen LogP contribution in [0, 0.1) is 5.82 Å². The molecule has 2 N–H and O–H groups in total. The molecule has 1 unspecified atom stereocenters. The van der Waals surface area contributed by atoms with Gasteiger partial charge in [0.15, 0.2) is 0 Å². The Morgan fingerprint density at radius 3 is 2.26 bits per heavy atom. The number of carbonyl (C=O) groups excluding carboxylic acids is 1. The summed E-state index contributed by atoms with van der Waals surface area (Å²) in [6.07, 6.45) is 0.695. The molecule has 0 aliphatic rings. The zero-order valence-corrected chi connectivity index (χ0v) is 18.4. The van der Waals surface area contributed by atoms with Crippen LogP contribution in [0.4, 0.5) is 15.8 Å². The van der Waals surface area contributed by atoms with Gasteiger partial charge in [0.1, 0.15) is 5.82 Å².